The average Bonchev–Trinajstić information content (AvgIpc) is 2.41. The highest BCUT2D eigenvalue weighted by atomic mass is 35.5. The van der Waals surface area contributed by atoms with Gasteiger partial charge in [-0.2, -0.15) is 18.2 Å². The van der Waals surface area contributed by atoms with Crippen molar-refractivity contribution in [3.05, 3.63) is 41.0 Å². The van der Waals surface area contributed by atoms with Crippen LogP contribution in [-0.4, -0.2) is 9.97 Å². The summed E-state index contributed by atoms with van der Waals surface area (Å²) in [4.78, 5) is 7.43. The summed E-state index contributed by atoms with van der Waals surface area (Å²) in [7, 11) is 0. The molecular formula is C11H8ClF3N4O. The SMILES string of the molecule is NNc1ncc(Cl)c(Oc2ccccc2C(F)(F)F)n1. The van der Waals surface area contributed by atoms with Crippen LogP contribution in [0, 0.1) is 0 Å². The first-order valence-corrected chi connectivity index (χ1v) is 5.63. The minimum Gasteiger partial charge on any atom is -0.437 e. The number of rotatable bonds is 3. The minimum atomic E-state index is -4.55. The van der Waals surface area contributed by atoms with E-state index in [0.717, 1.165) is 18.3 Å². The Morgan fingerprint density at radius 2 is 1.95 bits per heavy atom. The highest BCUT2D eigenvalue weighted by Crippen LogP contribution is 2.38. The van der Waals surface area contributed by atoms with Crippen molar-refractivity contribution in [2.45, 2.75) is 6.18 Å². The van der Waals surface area contributed by atoms with Crippen molar-refractivity contribution in [1.29, 1.82) is 0 Å². The van der Waals surface area contributed by atoms with Gasteiger partial charge in [0.05, 0.1) is 11.8 Å². The number of nitrogen functional groups attached to an aromatic ring is 1. The fourth-order valence-electron chi connectivity index (χ4n) is 1.39. The molecule has 0 atom stereocenters. The third kappa shape index (κ3) is 3.09. The molecule has 2 rings (SSSR count). The predicted molar refractivity (Wildman–Crippen MR) is 66.4 cm³/mol. The third-order valence-corrected chi connectivity index (χ3v) is 2.50. The van der Waals surface area contributed by atoms with Gasteiger partial charge in [-0.15, -0.1) is 0 Å². The molecule has 1 aromatic carbocycles. The summed E-state index contributed by atoms with van der Waals surface area (Å²) in [5, 5.41) is -0.0408. The van der Waals surface area contributed by atoms with Crippen LogP contribution in [0.2, 0.25) is 5.02 Å². The Bertz CT molecular complexity index is 621. The van der Waals surface area contributed by atoms with E-state index in [4.69, 9.17) is 22.2 Å². The Hall–Kier alpha value is -2.06. The van der Waals surface area contributed by atoms with Gasteiger partial charge < -0.3 is 4.74 Å². The van der Waals surface area contributed by atoms with E-state index < -0.39 is 17.5 Å². The number of hydrazine groups is 1. The van der Waals surface area contributed by atoms with Crippen LogP contribution in [0.5, 0.6) is 11.6 Å². The van der Waals surface area contributed by atoms with Gasteiger partial charge in [0.25, 0.3) is 0 Å². The molecule has 5 nitrogen and oxygen atoms in total. The summed E-state index contributed by atoms with van der Waals surface area (Å²) in [5.74, 6) is 4.43. The van der Waals surface area contributed by atoms with Crippen LogP contribution < -0.4 is 16.0 Å². The van der Waals surface area contributed by atoms with E-state index in [1.165, 1.54) is 12.1 Å². The molecule has 0 spiro atoms. The Kier molecular flexibility index (Phi) is 3.96. The molecule has 0 amide bonds. The van der Waals surface area contributed by atoms with Crippen molar-refractivity contribution in [1.82, 2.24) is 9.97 Å². The molecule has 0 saturated carbocycles. The molecule has 1 heterocycles. The quantitative estimate of drug-likeness (QED) is 0.673. The third-order valence-electron chi connectivity index (χ3n) is 2.24. The lowest BCUT2D eigenvalue weighted by Crippen LogP contribution is -2.11. The monoisotopic (exact) mass is 304 g/mol. The Morgan fingerprint density at radius 1 is 1.25 bits per heavy atom. The number of anilines is 1. The van der Waals surface area contributed by atoms with Crippen LogP contribution in [0.25, 0.3) is 0 Å². The first kappa shape index (κ1) is 14.4. The highest BCUT2D eigenvalue weighted by Gasteiger charge is 2.34. The molecule has 0 unspecified atom stereocenters. The van der Waals surface area contributed by atoms with Crippen molar-refractivity contribution in [2.24, 2.45) is 5.84 Å². The number of hydrogen-bond donors (Lipinski definition) is 2. The standard InChI is InChI=1S/C11H8ClF3N4O/c12-7-5-17-10(19-16)18-9(7)20-8-4-2-1-3-6(8)11(13,14)15/h1-5H,16H2,(H,17,18,19). The van der Waals surface area contributed by atoms with Crippen molar-refractivity contribution < 1.29 is 17.9 Å². The fourth-order valence-corrected chi connectivity index (χ4v) is 1.52. The molecular weight excluding hydrogens is 297 g/mol. The van der Waals surface area contributed by atoms with Crippen LogP contribution in [0.3, 0.4) is 0 Å². The van der Waals surface area contributed by atoms with Gasteiger partial charge in [-0.1, -0.05) is 23.7 Å². The van der Waals surface area contributed by atoms with Gasteiger partial charge in [0.2, 0.25) is 11.8 Å². The van der Waals surface area contributed by atoms with Gasteiger partial charge in [-0.25, -0.2) is 10.8 Å². The van der Waals surface area contributed by atoms with E-state index in [0.29, 0.717) is 0 Å². The topological polar surface area (TPSA) is 73.1 Å². The summed E-state index contributed by atoms with van der Waals surface area (Å²) >= 11 is 5.77. The number of aromatic nitrogens is 2. The number of para-hydroxylation sites is 1. The van der Waals surface area contributed by atoms with E-state index >= 15 is 0 Å². The number of halogens is 4. The van der Waals surface area contributed by atoms with Crippen LogP contribution in [0.1, 0.15) is 5.56 Å². The molecule has 106 valence electrons. The van der Waals surface area contributed by atoms with Crippen molar-refractivity contribution >= 4 is 17.5 Å². The normalized spacial score (nSPS) is 11.2. The average molecular weight is 305 g/mol. The van der Waals surface area contributed by atoms with E-state index in [2.05, 4.69) is 15.4 Å². The molecule has 9 heteroatoms. The lowest BCUT2D eigenvalue weighted by atomic mass is 10.2. The molecule has 3 N–H and O–H groups in total. The Balaban J connectivity index is 2.40. The molecule has 0 aliphatic carbocycles. The van der Waals surface area contributed by atoms with E-state index in [9.17, 15) is 13.2 Å². The Morgan fingerprint density at radius 3 is 2.60 bits per heavy atom. The molecule has 0 radical (unpaired) electrons. The van der Waals surface area contributed by atoms with Crippen LogP contribution in [0.15, 0.2) is 30.5 Å². The van der Waals surface area contributed by atoms with Crippen LogP contribution >= 0.6 is 11.6 Å². The summed E-state index contributed by atoms with van der Waals surface area (Å²) < 4.78 is 43.6. The summed E-state index contributed by atoms with van der Waals surface area (Å²) in [6.45, 7) is 0. The maximum absolute atomic E-state index is 12.8. The van der Waals surface area contributed by atoms with Gasteiger partial charge in [0.1, 0.15) is 10.8 Å². The zero-order valence-corrected chi connectivity index (χ0v) is 10.5. The van der Waals surface area contributed by atoms with Gasteiger partial charge in [-0.05, 0) is 12.1 Å². The largest absolute Gasteiger partial charge is 0.437 e. The first-order valence-electron chi connectivity index (χ1n) is 5.25. The number of ether oxygens (including phenoxy) is 1. The zero-order valence-electron chi connectivity index (χ0n) is 9.78. The molecule has 20 heavy (non-hydrogen) atoms. The van der Waals surface area contributed by atoms with Crippen molar-refractivity contribution in [2.75, 3.05) is 5.43 Å². The molecule has 2 aromatic rings. The van der Waals surface area contributed by atoms with Crippen LogP contribution in [-0.2, 0) is 6.18 Å². The second-order valence-electron chi connectivity index (χ2n) is 3.59. The molecule has 1 aromatic heterocycles. The lowest BCUT2D eigenvalue weighted by Gasteiger charge is -2.13. The predicted octanol–water partition coefficient (Wildman–Crippen LogP) is 3.23. The fraction of sp³-hybridized carbons (Fsp3) is 0.0909. The van der Waals surface area contributed by atoms with Gasteiger partial charge in [0.15, 0.2) is 0 Å². The van der Waals surface area contributed by atoms with Crippen LogP contribution in [0.4, 0.5) is 19.1 Å². The number of alkyl halides is 3. The van der Waals surface area contributed by atoms with Crippen molar-refractivity contribution in [3.8, 4) is 11.6 Å². The van der Waals surface area contributed by atoms with E-state index in [1.54, 1.807) is 0 Å². The summed E-state index contributed by atoms with van der Waals surface area (Å²) in [6.07, 6.45) is -3.39. The molecule has 0 saturated heterocycles. The molecule has 0 bridgehead atoms. The summed E-state index contributed by atoms with van der Waals surface area (Å²) in [6, 6.07) is 4.72. The Labute approximate surface area is 116 Å². The van der Waals surface area contributed by atoms with Gasteiger partial charge in [-0.3, -0.25) is 5.43 Å². The smallest absolute Gasteiger partial charge is 0.419 e. The maximum atomic E-state index is 12.8. The van der Waals surface area contributed by atoms with Crippen molar-refractivity contribution in [3.63, 3.8) is 0 Å². The van der Waals surface area contributed by atoms with Gasteiger partial charge in [0, 0.05) is 0 Å². The number of hydrogen-bond acceptors (Lipinski definition) is 5. The maximum Gasteiger partial charge on any atom is 0.419 e. The first-order chi connectivity index (χ1) is 9.41. The summed E-state index contributed by atoms with van der Waals surface area (Å²) in [5.41, 5.74) is 1.21. The van der Waals surface area contributed by atoms with E-state index in [1.807, 2.05) is 0 Å². The highest BCUT2D eigenvalue weighted by molar-refractivity contribution is 6.31. The lowest BCUT2D eigenvalue weighted by molar-refractivity contribution is -0.138. The number of nitrogens with zero attached hydrogens (tertiary/aromatic N) is 2. The minimum absolute atomic E-state index is 0.0334. The zero-order chi connectivity index (χ0) is 14.8. The molecule has 0 fully saturated rings. The van der Waals surface area contributed by atoms with Gasteiger partial charge >= 0.3 is 6.18 Å². The molecule has 0 aliphatic heterocycles. The number of nitrogens with two attached hydrogens (primary N) is 1. The number of nitrogens with one attached hydrogen (secondary N) is 1. The second-order valence-corrected chi connectivity index (χ2v) is 3.99. The second kappa shape index (κ2) is 5.51. The molecule has 0 aliphatic rings. The van der Waals surface area contributed by atoms with E-state index in [-0.39, 0.29) is 16.9 Å². The number of benzene rings is 1.